The van der Waals surface area contributed by atoms with Crippen LogP contribution in [0.15, 0.2) is 0 Å². The number of hydrogen-bond donors (Lipinski definition) is 0. The van der Waals surface area contributed by atoms with Gasteiger partial charge in [-0.15, -0.1) is 0 Å². The number of hydrogen-bond acceptors (Lipinski definition) is 3. The summed E-state index contributed by atoms with van der Waals surface area (Å²) in [5.74, 6) is 0. The number of rotatable bonds is 3. The first kappa shape index (κ1) is 23.4. The third-order valence-corrected chi connectivity index (χ3v) is 4.50. The molecule has 0 aliphatic heterocycles. The zero-order valence-electron chi connectivity index (χ0n) is 8.17. The van der Waals surface area contributed by atoms with Crippen LogP contribution in [-0.4, -0.2) is 69.4 Å². The van der Waals surface area contributed by atoms with Crippen molar-refractivity contribution in [1.29, 1.82) is 0 Å². The molecule has 3 nitrogen and oxygen atoms in total. The largest absolute Gasteiger partial charge is 2.00 e. The minimum absolute atomic E-state index is 0. The van der Waals surface area contributed by atoms with Crippen molar-refractivity contribution in [1.82, 2.24) is 0 Å². The molecular weight excluding hydrogens is 202 g/mol. The minimum Gasteiger partial charge on any atom is -0.900 e. The zero-order valence-corrected chi connectivity index (χ0v) is 11.4. The predicted molar refractivity (Wildman–Crippen MR) is 53.4 cm³/mol. The first-order chi connectivity index (χ1) is 4.76. The summed E-state index contributed by atoms with van der Waals surface area (Å²) < 4.78 is 0. The van der Waals surface area contributed by atoms with Gasteiger partial charge in [0.25, 0.3) is 0 Å². The molecule has 0 aromatic rings. The fourth-order valence-electron chi connectivity index (χ4n) is 0.750. The molecule has 0 aliphatic carbocycles. The zero-order chi connectivity index (χ0) is 8.41. The van der Waals surface area contributed by atoms with Crippen molar-refractivity contribution < 1.29 is 15.5 Å². The summed E-state index contributed by atoms with van der Waals surface area (Å²) in [4.78, 5) is 0. The maximum atomic E-state index is 8.25. The van der Waals surface area contributed by atoms with Gasteiger partial charge in [-0.2, -0.15) is 0 Å². The van der Waals surface area contributed by atoms with E-state index in [0.717, 1.165) is 0 Å². The molecule has 0 aromatic heterocycles. The SMILES string of the molecule is CC[PH+](CC)CC.[Ca+2].[O-][B][O-].[OH-]. The van der Waals surface area contributed by atoms with Gasteiger partial charge in [-0.05, 0) is 28.7 Å². The van der Waals surface area contributed by atoms with Gasteiger partial charge in [0, 0.05) is 0 Å². The Morgan fingerprint density at radius 2 is 1.17 bits per heavy atom. The van der Waals surface area contributed by atoms with E-state index in [1.54, 1.807) is 0 Å². The van der Waals surface area contributed by atoms with Gasteiger partial charge in [0.15, 0.2) is 0 Å². The van der Waals surface area contributed by atoms with Crippen molar-refractivity contribution in [2.75, 3.05) is 18.5 Å². The van der Waals surface area contributed by atoms with E-state index < -0.39 is 7.69 Å². The van der Waals surface area contributed by atoms with Crippen molar-refractivity contribution in [2.24, 2.45) is 0 Å². The molecule has 0 spiro atoms. The summed E-state index contributed by atoms with van der Waals surface area (Å²) in [5, 5.41) is 16.5. The maximum absolute atomic E-state index is 8.25. The van der Waals surface area contributed by atoms with Crippen LogP contribution in [0.5, 0.6) is 0 Å². The molecule has 0 atom stereocenters. The van der Waals surface area contributed by atoms with Crippen molar-refractivity contribution in [3.8, 4) is 0 Å². The second-order valence-corrected chi connectivity index (χ2v) is 5.53. The monoisotopic (exact) mass is 219 g/mol. The fraction of sp³-hybridized carbons (Fsp3) is 1.00. The van der Waals surface area contributed by atoms with E-state index in [9.17, 15) is 0 Å². The van der Waals surface area contributed by atoms with E-state index in [1.807, 2.05) is 0 Å². The smallest absolute Gasteiger partial charge is 0.900 e. The fourth-order valence-corrected chi connectivity index (χ4v) is 2.25. The van der Waals surface area contributed by atoms with E-state index in [-0.39, 0.29) is 51.1 Å². The summed E-state index contributed by atoms with van der Waals surface area (Å²) in [6.45, 7) is 6.92. The van der Waals surface area contributed by atoms with E-state index in [2.05, 4.69) is 20.8 Å². The minimum atomic E-state index is -0.500. The summed E-state index contributed by atoms with van der Waals surface area (Å²) in [5.41, 5.74) is 0. The molecule has 0 aromatic carbocycles. The predicted octanol–water partition coefficient (Wildman–Crippen LogP) is -1.06. The van der Waals surface area contributed by atoms with Crippen molar-refractivity contribution in [3.63, 3.8) is 0 Å². The molecule has 1 N–H and O–H groups in total. The van der Waals surface area contributed by atoms with Crippen LogP contribution in [0.25, 0.3) is 0 Å². The molecule has 0 saturated carbocycles. The van der Waals surface area contributed by atoms with Gasteiger partial charge in [-0.25, -0.2) is 7.69 Å². The molecular formula is C6H17BCaO3P. The molecule has 12 heavy (non-hydrogen) atoms. The summed E-state index contributed by atoms with van der Waals surface area (Å²) in [7, 11) is -0.363. The van der Waals surface area contributed by atoms with Crippen LogP contribution >= 0.6 is 7.92 Å². The van der Waals surface area contributed by atoms with Gasteiger partial charge in [0.05, 0.1) is 18.5 Å². The van der Waals surface area contributed by atoms with Gasteiger partial charge in [-0.1, -0.05) is 0 Å². The molecule has 0 heterocycles. The van der Waals surface area contributed by atoms with Crippen LogP contribution in [0, 0.1) is 0 Å². The van der Waals surface area contributed by atoms with Gasteiger partial charge in [-0.3, -0.25) is 0 Å². The third kappa shape index (κ3) is 22.6. The second kappa shape index (κ2) is 22.9. The molecule has 0 bridgehead atoms. The second-order valence-electron chi connectivity index (χ2n) is 1.91. The van der Waals surface area contributed by atoms with E-state index in [0.29, 0.717) is 0 Å². The Morgan fingerprint density at radius 1 is 1.00 bits per heavy atom. The Balaban J connectivity index is -0.0000000569. The average Bonchev–Trinajstić information content (AvgIpc) is 1.93. The molecule has 0 amide bonds. The van der Waals surface area contributed by atoms with Crippen molar-refractivity contribution >= 4 is 53.3 Å². The molecule has 0 rings (SSSR count). The van der Waals surface area contributed by atoms with Gasteiger partial charge in [0.2, 0.25) is 0 Å². The van der Waals surface area contributed by atoms with Crippen LogP contribution < -0.4 is 10.0 Å². The van der Waals surface area contributed by atoms with Crippen LogP contribution in [0.4, 0.5) is 0 Å². The standard InChI is InChI=1S/C6H15P.BO2.Ca.H2O/c1-4-7(5-2)6-3;2-1-3;;/h4-6H2,1-3H3;;;1H2/q;-2;+2;. The van der Waals surface area contributed by atoms with Crippen LogP contribution in [-0.2, 0) is 0 Å². The van der Waals surface area contributed by atoms with E-state index >= 15 is 0 Å². The Hall–Kier alpha value is 1.63. The van der Waals surface area contributed by atoms with Crippen LogP contribution in [0.3, 0.4) is 0 Å². The van der Waals surface area contributed by atoms with Gasteiger partial charge < -0.3 is 15.5 Å². The van der Waals surface area contributed by atoms with Crippen molar-refractivity contribution in [2.45, 2.75) is 20.8 Å². The molecule has 0 unspecified atom stereocenters. The summed E-state index contributed by atoms with van der Waals surface area (Å²) in [6.07, 6.45) is 4.37. The van der Waals surface area contributed by atoms with E-state index in [4.69, 9.17) is 10.0 Å². The Kier molecular flexibility index (Phi) is 44.8. The normalized spacial score (nSPS) is 7.17. The summed E-state index contributed by atoms with van der Waals surface area (Å²) in [6, 6.07) is 0. The Bertz CT molecular complexity index is 52.5. The van der Waals surface area contributed by atoms with Crippen LogP contribution in [0.1, 0.15) is 20.8 Å². The molecule has 0 aliphatic rings. The van der Waals surface area contributed by atoms with Crippen molar-refractivity contribution in [3.05, 3.63) is 0 Å². The Labute approximate surface area is 107 Å². The topological polar surface area (TPSA) is 76.1 Å². The molecule has 6 heteroatoms. The summed E-state index contributed by atoms with van der Waals surface area (Å²) >= 11 is 0. The van der Waals surface area contributed by atoms with Gasteiger partial charge >= 0.3 is 37.7 Å². The first-order valence-corrected chi connectivity index (χ1v) is 5.77. The average molecular weight is 219 g/mol. The third-order valence-electron chi connectivity index (χ3n) is 1.50. The molecule has 1 radical (unpaired) electrons. The Morgan fingerprint density at radius 3 is 1.17 bits per heavy atom. The maximum Gasteiger partial charge on any atom is 2.00 e. The molecule has 0 saturated heterocycles. The molecule has 69 valence electrons. The molecule has 0 fully saturated rings. The first-order valence-electron chi connectivity index (χ1n) is 3.65. The van der Waals surface area contributed by atoms with Gasteiger partial charge in [0.1, 0.15) is 0 Å². The van der Waals surface area contributed by atoms with E-state index in [1.165, 1.54) is 18.5 Å². The van der Waals surface area contributed by atoms with Crippen LogP contribution in [0.2, 0.25) is 0 Å². The quantitative estimate of drug-likeness (QED) is 0.448.